The van der Waals surface area contributed by atoms with Crippen LogP contribution in [0.25, 0.3) is 16.8 Å². The van der Waals surface area contributed by atoms with Gasteiger partial charge in [0.2, 0.25) is 0 Å². The Morgan fingerprint density at radius 3 is 2.37 bits per heavy atom. The summed E-state index contributed by atoms with van der Waals surface area (Å²) in [5.74, 6) is 0.356. The van der Waals surface area contributed by atoms with Gasteiger partial charge in [-0.25, -0.2) is 9.50 Å². The summed E-state index contributed by atoms with van der Waals surface area (Å²) >= 11 is 0. The topological polar surface area (TPSA) is 51.5 Å². The number of hydrogen-bond donors (Lipinski definition) is 1. The zero-order valence-corrected chi connectivity index (χ0v) is 13.8. The highest BCUT2D eigenvalue weighted by Gasteiger charge is 2.31. The number of ether oxygens (including phenoxy) is 1. The number of nitrogens with zero attached hydrogens (tertiary/aromatic N) is 3. The van der Waals surface area contributed by atoms with Gasteiger partial charge in [0.05, 0.1) is 6.20 Å². The second kappa shape index (κ2) is 6.64. The van der Waals surface area contributed by atoms with E-state index in [4.69, 9.17) is 0 Å². The smallest absolute Gasteiger partial charge is 0.406 e. The predicted molar refractivity (Wildman–Crippen MR) is 94.8 cm³/mol. The fourth-order valence-corrected chi connectivity index (χ4v) is 2.65. The van der Waals surface area contributed by atoms with Crippen LogP contribution < -0.4 is 10.1 Å². The first kappa shape index (κ1) is 16.9. The number of benzene rings is 2. The summed E-state index contributed by atoms with van der Waals surface area (Å²) in [5.41, 5.74) is 2.86. The Hall–Kier alpha value is -3.55. The first-order chi connectivity index (χ1) is 13.0. The molecule has 0 aliphatic heterocycles. The van der Waals surface area contributed by atoms with Crippen molar-refractivity contribution in [2.45, 2.75) is 6.36 Å². The minimum Gasteiger partial charge on any atom is -0.406 e. The number of rotatable bonds is 4. The van der Waals surface area contributed by atoms with Crippen molar-refractivity contribution in [3.05, 3.63) is 73.1 Å². The van der Waals surface area contributed by atoms with Crippen molar-refractivity contribution in [1.29, 1.82) is 0 Å². The molecule has 2 aromatic heterocycles. The second-order valence-electron chi connectivity index (χ2n) is 5.70. The Bertz CT molecular complexity index is 1060. The normalized spacial score (nSPS) is 11.5. The molecule has 2 aromatic carbocycles. The summed E-state index contributed by atoms with van der Waals surface area (Å²) in [7, 11) is 0. The molecule has 0 atom stereocenters. The van der Waals surface area contributed by atoms with Gasteiger partial charge in [-0.15, -0.1) is 13.2 Å². The van der Waals surface area contributed by atoms with Crippen molar-refractivity contribution in [2.24, 2.45) is 0 Å². The van der Waals surface area contributed by atoms with E-state index in [0.717, 1.165) is 5.69 Å². The van der Waals surface area contributed by atoms with Crippen LogP contribution in [-0.2, 0) is 0 Å². The lowest BCUT2D eigenvalue weighted by Crippen LogP contribution is -2.16. The SMILES string of the molecule is FC(F)(F)Oc1ccc(-c2cnn3ccc(Nc4ccccc4)nc23)cc1. The predicted octanol–water partition coefficient (Wildman–Crippen LogP) is 5.04. The third-order valence-corrected chi connectivity index (χ3v) is 3.81. The summed E-state index contributed by atoms with van der Waals surface area (Å²) in [6, 6.07) is 17.0. The van der Waals surface area contributed by atoms with Crippen LogP contribution in [0.15, 0.2) is 73.1 Å². The summed E-state index contributed by atoms with van der Waals surface area (Å²) in [4.78, 5) is 4.57. The largest absolute Gasteiger partial charge is 0.573 e. The van der Waals surface area contributed by atoms with Crippen LogP contribution in [0, 0.1) is 0 Å². The van der Waals surface area contributed by atoms with E-state index in [-0.39, 0.29) is 5.75 Å². The number of nitrogens with one attached hydrogen (secondary N) is 1. The maximum Gasteiger partial charge on any atom is 0.573 e. The number of fused-ring (bicyclic) bond motifs is 1. The van der Waals surface area contributed by atoms with Crippen LogP contribution in [0.2, 0.25) is 0 Å². The molecule has 5 nitrogen and oxygen atoms in total. The van der Waals surface area contributed by atoms with Gasteiger partial charge in [-0.1, -0.05) is 30.3 Å². The van der Waals surface area contributed by atoms with Crippen LogP contribution in [0.4, 0.5) is 24.7 Å². The molecule has 0 unspecified atom stereocenters. The van der Waals surface area contributed by atoms with Crippen molar-refractivity contribution in [3.8, 4) is 16.9 Å². The summed E-state index contributed by atoms with van der Waals surface area (Å²) < 4.78 is 42.4. The van der Waals surface area contributed by atoms with Gasteiger partial charge in [0.1, 0.15) is 11.6 Å². The molecule has 27 heavy (non-hydrogen) atoms. The van der Waals surface area contributed by atoms with E-state index in [1.165, 1.54) is 24.3 Å². The molecule has 0 amide bonds. The molecule has 0 aliphatic carbocycles. The molecule has 0 saturated carbocycles. The Morgan fingerprint density at radius 2 is 1.67 bits per heavy atom. The van der Waals surface area contributed by atoms with Gasteiger partial charge in [0.25, 0.3) is 0 Å². The Kier molecular flexibility index (Phi) is 4.15. The van der Waals surface area contributed by atoms with Gasteiger partial charge in [0.15, 0.2) is 5.65 Å². The maximum absolute atomic E-state index is 12.3. The van der Waals surface area contributed by atoms with E-state index in [9.17, 15) is 13.2 Å². The zero-order valence-electron chi connectivity index (χ0n) is 13.8. The second-order valence-corrected chi connectivity index (χ2v) is 5.70. The molecule has 0 aliphatic rings. The van der Waals surface area contributed by atoms with Gasteiger partial charge >= 0.3 is 6.36 Å². The lowest BCUT2D eigenvalue weighted by molar-refractivity contribution is -0.274. The number of para-hydroxylation sites is 1. The Morgan fingerprint density at radius 1 is 0.926 bits per heavy atom. The molecule has 0 spiro atoms. The van der Waals surface area contributed by atoms with Crippen LogP contribution in [-0.4, -0.2) is 21.0 Å². The van der Waals surface area contributed by atoms with E-state index < -0.39 is 6.36 Å². The molecular formula is C19H13F3N4O. The minimum atomic E-state index is -4.72. The molecule has 1 N–H and O–H groups in total. The van der Waals surface area contributed by atoms with Crippen molar-refractivity contribution in [2.75, 3.05) is 5.32 Å². The van der Waals surface area contributed by atoms with Crippen LogP contribution >= 0.6 is 0 Å². The van der Waals surface area contributed by atoms with Crippen LogP contribution in [0.3, 0.4) is 0 Å². The lowest BCUT2D eigenvalue weighted by atomic mass is 10.1. The van der Waals surface area contributed by atoms with Crippen LogP contribution in [0.5, 0.6) is 5.75 Å². The molecule has 0 radical (unpaired) electrons. The van der Waals surface area contributed by atoms with Crippen molar-refractivity contribution >= 4 is 17.2 Å². The molecule has 0 saturated heterocycles. The average Bonchev–Trinajstić information content (AvgIpc) is 3.05. The number of alkyl halides is 3. The van der Waals surface area contributed by atoms with Gasteiger partial charge in [0, 0.05) is 17.4 Å². The van der Waals surface area contributed by atoms with Gasteiger partial charge in [-0.05, 0) is 35.9 Å². The highest BCUT2D eigenvalue weighted by molar-refractivity contribution is 5.78. The molecule has 136 valence electrons. The van der Waals surface area contributed by atoms with Crippen molar-refractivity contribution < 1.29 is 17.9 Å². The molecule has 4 aromatic rings. The highest BCUT2D eigenvalue weighted by atomic mass is 19.4. The maximum atomic E-state index is 12.3. The zero-order chi connectivity index (χ0) is 18.9. The molecule has 8 heteroatoms. The Balaban J connectivity index is 1.65. The van der Waals surface area contributed by atoms with E-state index >= 15 is 0 Å². The summed E-state index contributed by atoms with van der Waals surface area (Å²) in [5, 5.41) is 7.44. The third-order valence-electron chi connectivity index (χ3n) is 3.81. The number of hydrogen-bond acceptors (Lipinski definition) is 4. The van der Waals surface area contributed by atoms with E-state index in [1.807, 2.05) is 30.3 Å². The first-order valence-electron chi connectivity index (χ1n) is 8.01. The van der Waals surface area contributed by atoms with Crippen molar-refractivity contribution in [3.63, 3.8) is 0 Å². The van der Waals surface area contributed by atoms with Crippen LogP contribution in [0.1, 0.15) is 0 Å². The van der Waals surface area contributed by atoms with E-state index in [0.29, 0.717) is 22.6 Å². The average molecular weight is 370 g/mol. The van der Waals surface area contributed by atoms with E-state index in [1.54, 1.807) is 23.0 Å². The van der Waals surface area contributed by atoms with Crippen molar-refractivity contribution in [1.82, 2.24) is 14.6 Å². The highest BCUT2D eigenvalue weighted by Crippen LogP contribution is 2.28. The molecule has 0 fully saturated rings. The minimum absolute atomic E-state index is 0.276. The number of aromatic nitrogens is 3. The lowest BCUT2D eigenvalue weighted by Gasteiger charge is -2.09. The molecular weight excluding hydrogens is 357 g/mol. The summed E-state index contributed by atoms with van der Waals surface area (Å²) in [6.07, 6.45) is -1.34. The van der Waals surface area contributed by atoms with Gasteiger partial charge in [-0.3, -0.25) is 0 Å². The van der Waals surface area contributed by atoms with Gasteiger partial charge < -0.3 is 10.1 Å². The number of anilines is 2. The summed E-state index contributed by atoms with van der Waals surface area (Å²) in [6.45, 7) is 0. The first-order valence-corrected chi connectivity index (χ1v) is 8.01. The van der Waals surface area contributed by atoms with E-state index in [2.05, 4.69) is 20.1 Å². The fraction of sp³-hybridized carbons (Fsp3) is 0.0526. The molecule has 4 rings (SSSR count). The molecule has 2 heterocycles. The monoisotopic (exact) mass is 370 g/mol. The Labute approximate surface area is 152 Å². The standard InChI is InChI=1S/C19H13F3N4O/c20-19(21,22)27-15-8-6-13(7-9-15)16-12-23-26-11-10-17(25-18(16)26)24-14-4-2-1-3-5-14/h1-12H,(H,24,25). The van der Waals surface area contributed by atoms with Gasteiger partial charge in [-0.2, -0.15) is 5.10 Å². The quantitative estimate of drug-likeness (QED) is 0.547. The molecule has 0 bridgehead atoms. The fourth-order valence-electron chi connectivity index (χ4n) is 2.65. The third kappa shape index (κ3) is 3.84. The number of halogens is 3.